The zero-order valence-corrected chi connectivity index (χ0v) is 14.3. The highest BCUT2D eigenvalue weighted by molar-refractivity contribution is 6.29. The summed E-state index contributed by atoms with van der Waals surface area (Å²) in [5.41, 5.74) is 1.18. The van der Waals surface area contributed by atoms with Gasteiger partial charge in [0.25, 0.3) is 0 Å². The minimum absolute atomic E-state index is 0.0422. The minimum Gasteiger partial charge on any atom is -0.376 e. The summed E-state index contributed by atoms with van der Waals surface area (Å²) in [6.45, 7) is 5.54. The van der Waals surface area contributed by atoms with Gasteiger partial charge < -0.3 is 14.0 Å². The van der Waals surface area contributed by atoms with E-state index in [2.05, 4.69) is 31.0 Å². The van der Waals surface area contributed by atoms with Crippen LogP contribution in [0.1, 0.15) is 31.9 Å². The van der Waals surface area contributed by atoms with Crippen molar-refractivity contribution in [2.24, 2.45) is 5.92 Å². The Morgan fingerprint density at radius 3 is 2.78 bits per heavy atom. The van der Waals surface area contributed by atoms with E-state index in [0.29, 0.717) is 24.3 Å². The van der Waals surface area contributed by atoms with Crippen molar-refractivity contribution in [1.29, 1.82) is 0 Å². The lowest BCUT2D eigenvalue weighted by Crippen LogP contribution is -2.46. The van der Waals surface area contributed by atoms with Gasteiger partial charge in [-0.2, -0.15) is 0 Å². The number of ether oxygens (including phenoxy) is 2. The molecule has 2 heterocycles. The van der Waals surface area contributed by atoms with Crippen LogP contribution in [0, 0.1) is 5.92 Å². The van der Waals surface area contributed by atoms with Crippen LogP contribution in [0.4, 0.5) is 0 Å². The van der Waals surface area contributed by atoms with Crippen molar-refractivity contribution in [3.63, 3.8) is 0 Å². The summed E-state index contributed by atoms with van der Waals surface area (Å²) < 4.78 is 14.3. The summed E-state index contributed by atoms with van der Waals surface area (Å²) >= 11 is 6.26. The summed E-state index contributed by atoms with van der Waals surface area (Å²) in [5, 5.41) is 0.619. The van der Waals surface area contributed by atoms with Crippen LogP contribution in [0.5, 0.6) is 0 Å². The molecule has 1 fully saturated rings. The van der Waals surface area contributed by atoms with E-state index >= 15 is 0 Å². The number of hydrogen-bond acceptors (Lipinski definition) is 3. The Morgan fingerprint density at radius 2 is 2.13 bits per heavy atom. The molecule has 0 spiro atoms. The summed E-state index contributed by atoms with van der Waals surface area (Å²) in [6.07, 6.45) is 4.66. The molecule has 1 aromatic carbocycles. The lowest BCUT2D eigenvalue weighted by Gasteiger charge is -2.41. The Hall–Kier alpha value is -1.36. The molecule has 0 unspecified atom stereocenters. The number of nitrogens with zero attached hydrogens (tertiary/aromatic N) is 2. The lowest BCUT2D eigenvalue weighted by molar-refractivity contribution is -0.145. The van der Waals surface area contributed by atoms with E-state index < -0.39 is 0 Å². The first-order valence-corrected chi connectivity index (χ1v) is 8.53. The average Bonchev–Trinajstić information content (AvgIpc) is 3.00. The van der Waals surface area contributed by atoms with E-state index in [1.807, 2.05) is 22.8 Å². The van der Waals surface area contributed by atoms with Gasteiger partial charge >= 0.3 is 0 Å². The number of aromatic nitrogens is 2. The van der Waals surface area contributed by atoms with E-state index in [1.165, 1.54) is 5.56 Å². The van der Waals surface area contributed by atoms with Crippen molar-refractivity contribution in [3.8, 4) is 0 Å². The fourth-order valence-electron chi connectivity index (χ4n) is 3.32. The summed E-state index contributed by atoms with van der Waals surface area (Å²) in [6, 6.07) is 10.3. The van der Waals surface area contributed by atoms with E-state index in [9.17, 15) is 0 Å². The Balaban J connectivity index is 1.79. The largest absolute Gasteiger partial charge is 0.376 e. The van der Waals surface area contributed by atoms with Crippen LogP contribution in [0.25, 0.3) is 0 Å². The highest BCUT2D eigenvalue weighted by atomic mass is 35.5. The zero-order valence-electron chi connectivity index (χ0n) is 13.6. The van der Waals surface area contributed by atoms with Gasteiger partial charge in [-0.3, -0.25) is 0 Å². The summed E-state index contributed by atoms with van der Waals surface area (Å²) in [5.74, 6) is 0.293. The number of rotatable bonds is 5. The molecule has 1 aromatic heterocycles. The Kier molecular flexibility index (Phi) is 5.36. The maximum absolute atomic E-state index is 6.32. The van der Waals surface area contributed by atoms with Crippen molar-refractivity contribution in [3.05, 3.63) is 53.6 Å². The van der Waals surface area contributed by atoms with Crippen LogP contribution in [-0.2, 0) is 16.1 Å². The Labute approximate surface area is 142 Å². The van der Waals surface area contributed by atoms with Crippen LogP contribution < -0.4 is 0 Å². The number of imidazole rings is 1. The second kappa shape index (κ2) is 7.47. The third-order valence-electron chi connectivity index (χ3n) is 4.63. The van der Waals surface area contributed by atoms with E-state index in [1.54, 1.807) is 12.5 Å². The predicted octanol–water partition coefficient (Wildman–Crippen LogP) is 4.11. The number of hydrogen-bond donors (Lipinski definition) is 0. The van der Waals surface area contributed by atoms with Crippen LogP contribution in [0.3, 0.4) is 0 Å². The van der Waals surface area contributed by atoms with Crippen molar-refractivity contribution >= 4 is 11.6 Å². The molecule has 4 atom stereocenters. The maximum atomic E-state index is 6.32. The normalized spacial score (nSPS) is 28.0. The molecule has 1 saturated heterocycles. The fraction of sp³-hybridized carbons (Fsp3) is 0.500. The molecule has 1 aliphatic rings. The first kappa shape index (κ1) is 16.5. The van der Waals surface area contributed by atoms with Crippen molar-refractivity contribution in [2.45, 2.75) is 45.1 Å². The molecule has 23 heavy (non-hydrogen) atoms. The highest BCUT2D eigenvalue weighted by Crippen LogP contribution is 2.34. The topological polar surface area (TPSA) is 36.3 Å². The fourth-order valence-corrected chi connectivity index (χ4v) is 3.55. The number of benzene rings is 1. The van der Waals surface area contributed by atoms with Gasteiger partial charge in [0.2, 0.25) is 0 Å². The monoisotopic (exact) mass is 334 g/mol. The highest BCUT2D eigenvalue weighted by Gasteiger charge is 2.39. The maximum Gasteiger partial charge on any atom is 0.129 e. The van der Waals surface area contributed by atoms with Crippen LogP contribution in [-0.4, -0.2) is 28.4 Å². The van der Waals surface area contributed by atoms with Crippen LogP contribution in [0.15, 0.2) is 42.9 Å². The molecule has 0 bridgehead atoms. The molecular formula is C18H23ClN2O2. The van der Waals surface area contributed by atoms with E-state index in [4.69, 9.17) is 21.1 Å². The zero-order chi connectivity index (χ0) is 16.2. The molecule has 0 radical (unpaired) electrons. The second-order valence-electron chi connectivity index (χ2n) is 6.09. The molecule has 0 aliphatic carbocycles. The molecule has 0 N–H and O–H groups in total. The van der Waals surface area contributed by atoms with Gasteiger partial charge in [0.05, 0.1) is 44.0 Å². The van der Waals surface area contributed by atoms with Crippen molar-refractivity contribution in [2.75, 3.05) is 6.61 Å². The predicted molar refractivity (Wildman–Crippen MR) is 90.5 cm³/mol. The van der Waals surface area contributed by atoms with E-state index in [0.717, 1.165) is 6.42 Å². The van der Waals surface area contributed by atoms with Crippen LogP contribution in [0.2, 0.25) is 5.15 Å². The molecule has 1 aliphatic heterocycles. The Morgan fingerprint density at radius 1 is 1.35 bits per heavy atom. The first-order valence-electron chi connectivity index (χ1n) is 8.15. The summed E-state index contributed by atoms with van der Waals surface area (Å²) in [7, 11) is 0. The molecular weight excluding hydrogens is 312 g/mol. The van der Waals surface area contributed by atoms with Crippen molar-refractivity contribution in [1.82, 2.24) is 9.55 Å². The molecule has 2 aromatic rings. The second-order valence-corrected chi connectivity index (χ2v) is 6.48. The molecule has 4 nitrogen and oxygen atoms in total. The summed E-state index contributed by atoms with van der Waals surface area (Å²) in [4.78, 5) is 4.13. The third-order valence-corrected chi connectivity index (χ3v) is 4.92. The lowest BCUT2D eigenvalue weighted by atomic mass is 9.88. The average molecular weight is 335 g/mol. The molecule has 0 amide bonds. The molecule has 3 rings (SSSR count). The van der Waals surface area contributed by atoms with Gasteiger partial charge in [0, 0.05) is 5.92 Å². The molecule has 5 heteroatoms. The molecule has 124 valence electrons. The third kappa shape index (κ3) is 3.60. The number of halogens is 1. The van der Waals surface area contributed by atoms with Gasteiger partial charge in [0.1, 0.15) is 5.15 Å². The van der Waals surface area contributed by atoms with Gasteiger partial charge in [-0.1, -0.05) is 55.8 Å². The van der Waals surface area contributed by atoms with Crippen molar-refractivity contribution < 1.29 is 9.47 Å². The molecule has 0 saturated carbocycles. The Bertz CT molecular complexity index is 616. The van der Waals surface area contributed by atoms with Gasteiger partial charge in [0.15, 0.2) is 0 Å². The van der Waals surface area contributed by atoms with Gasteiger partial charge in [-0.15, -0.1) is 0 Å². The SMILES string of the molecule is CC[C@H]1OC[C@@H](n2cncc2Cl)[C@@H](OCc2ccccc2)[C@H]1C. The standard InChI is InChI=1S/C18H23ClN2O2/c1-3-16-13(2)18(23-10-14-7-5-4-6-8-14)15(11-22-16)21-12-20-9-17(21)19/h4-9,12-13,15-16,18H,3,10-11H2,1-2H3/t13-,15+,16+,18-/m0/s1. The first-order chi connectivity index (χ1) is 11.2. The van der Waals surface area contributed by atoms with Crippen LogP contribution >= 0.6 is 11.6 Å². The van der Waals surface area contributed by atoms with Gasteiger partial charge in [-0.25, -0.2) is 4.98 Å². The van der Waals surface area contributed by atoms with E-state index in [-0.39, 0.29) is 18.2 Å². The van der Waals surface area contributed by atoms with Gasteiger partial charge in [-0.05, 0) is 12.0 Å². The smallest absolute Gasteiger partial charge is 0.129 e. The quantitative estimate of drug-likeness (QED) is 0.825. The minimum atomic E-state index is 0.0422.